The zero-order chi connectivity index (χ0) is 10.6. The van der Waals surface area contributed by atoms with Gasteiger partial charge in [-0.3, -0.25) is 0 Å². The van der Waals surface area contributed by atoms with Gasteiger partial charge < -0.3 is 4.74 Å². The molecule has 78 valence electrons. The summed E-state index contributed by atoms with van der Waals surface area (Å²) in [7, 11) is 0. The molecular formula is C9H8BrF3O. The van der Waals surface area contributed by atoms with Crippen molar-refractivity contribution in [3.8, 4) is 5.75 Å². The van der Waals surface area contributed by atoms with Crippen LogP contribution in [0.25, 0.3) is 0 Å². The van der Waals surface area contributed by atoms with Gasteiger partial charge in [0.2, 0.25) is 0 Å². The molecule has 0 aliphatic carbocycles. The molecule has 14 heavy (non-hydrogen) atoms. The molecule has 5 heteroatoms. The fraction of sp³-hybridized carbons (Fsp3) is 0.333. The van der Waals surface area contributed by atoms with Crippen molar-refractivity contribution < 1.29 is 17.9 Å². The lowest BCUT2D eigenvalue weighted by molar-refractivity contribution is -0.153. The average Bonchev–Trinajstić information content (AvgIpc) is 2.14. The minimum Gasteiger partial charge on any atom is -0.484 e. The van der Waals surface area contributed by atoms with Crippen molar-refractivity contribution >= 4 is 15.9 Å². The number of para-hydroxylation sites is 1. The van der Waals surface area contributed by atoms with Gasteiger partial charge in [0.15, 0.2) is 6.61 Å². The molecule has 0 N–H and O–H groups in total. The normalized spacial score (nSPS) is 11.4. The SMILES string of the molecule is FC(F)(F)COc1ccccc1CBr. The van der Waals surface area contributed by atoms with Gasteiger partial charge in [0, 0.05) is 10.9 Å². The standard InChI is InChI=1S/C9H8BrF3O/c10-5-7-3-1-2-4-8(7)14-6-9(11,12)13/h1-4H,5-6H2. The molecule has 0 spiro atoms. The molecule has 0 amide bonds. The van der Waals surface area contributed by atoms with Crippen molar-refractivity contribution in [3.05, 3.63) is 29.8 Å². The molecule has 0 aliphatic heterocycles. The first-order chi connectivity index (χ1) is 6.53. The van der Waals surface area contributed by atoms with E-state index in [0.29, 0.717) is 10.9 Å². The molecule has 0 heterocycles. The Morgan fingerprint density at radius 3 is 2.43 bits per heavy atom. The largest absolute Gasteiger partial charge is 0.484 e. The van der Waals surface area contributed by atoms with Crippen LogP contribution in [-0.2, 0) is 5.33 Å². The van der Waals surface area contributed by atoms with Crippen molar-refractivity contribution in [3.63, 3.8) is 0 Å². The van der Waals surface area contributed by atoms with Crippen LogP contribution in [0.4, 0.5) is 13.2 Å². The minimum atomic E-state index is -4.29. The van der Waals surface area contributed by atoms with Gasteiger partial charge in [0.1, 0.15) is 5.75 Å². The Balaban J connectivity index is 2.67. The van der Waals surface area contributed by atoms with Gasteiger partial charge in [-0.25, -0.2) is 0 Å². The Morgan fingerprint density at radius 2 is 1.86 bits per heavy atom. The molecule has 0 fully saturated rings. The third kappa shape index (κ3) is 3.57. The van der Waals surface area contributed by atoms with E-state index in [9.17, 15) is 13.2 Å². The van der Waals surface area contributed by atoms with E-state index in [1.807, 2.05) is 0 Å². The number of halogens is 4. The van der Waals surface area contributed by atoms with E-state index in [2.05, 4.69) is 20.7 Å². The quantitative estimate of drug-likeness (QED) is 0.763. The predicted molar refractivity (Wildman–Crippen MR) is 50.6 cm³/mol. The molecular weight excluding hydrogens is 261 g/mol. The van der Waals surface area contributed by atoms with E-state index < -0.39 is 12.8 Å². The molecule has 1 aromatic rings. The topological polar surface area (TPSA) is 9.23 Å². The van der Waals surface area contributed by atoms with Crippen LogP contribution in [0.1, 0.15) is 5.56 Å². The Bertz CT molecular complexity index is 298. The van der Waals surface area contributed by atoms with Gasteiger partial charge in [-0.15, -0.1) is 0 Å². The zero-order valence-corrected chi connectivity index (χ0v) is 8.73. The van der Waals surface area contributed by atoms with Crippen LogP contribution in [0.3, 0.4) is 0 Å². The molecule has 1 aromatic carbocycles. The minimum absolute atomic E-state index is 0.265. The van der Waals surface area contributed by atoms with E-state index in [1.165, 1.54) is 6.07 Å². The first-order valence-corrected chi connectivity index (χ1v) is 4.98. The first-order valence-electron chi connectivity index (χ1n) is 3.86. The second-order valence-corrected chi connectivity index (χ2v) is 3.21. The average molecular weight is 269 g/mol. The van der Waals surface area contributed by atoms with Gasteiger partial charge in [-0.05, 0) is 6.07 Å². The molecule has 0 atom stereocenters. The summed E-state index contributed by atoms with van der Waals surface area (Å²) < 4.78 is 40.2. The monoisotopic (exact) mass is 268 g/mol. The maximum absolute atomic E-state index is 11.8. The van der Waals surface area contributed by atoms with Crippen LogP contribution in [-0.4, -0.2) is 12.8 Å². The maximum atomic E-state index is 11.8. The molecule has 1 nitrogen and oxygen atoms in total. The van der Waals surface area contributed by atoms with Crippen LogP contribution >= 0.6 is 15.9 Å². The van der Waals surface area contributed by atoms with Gasteiger partial charge in [0.05, 0.1) is 0 Å². The highest BCUT2D eigenvalue weighted by Crippen LogP contribution is 2.23. The summed E-state index contributed by atoms with van der Waals surface area (Å²) in [5, 5.41) is 0.473. The van der Waals surface area contributed by atoms with Crippen molar-refractivity contribution in [2.24, 2.45) is 0 Å². The smallest absolute Gasteiger partial charge is 0.422 e. The van der Waals surface area contributed by atoms with Gasteiger partial charge in [-0.1, -0.05) is 34.1 Å². The number of benzene rings is 1. The van der Waals surface area contributed by atoms with E-state index in [4.69, 9.17) is 0 Å². The molecule has 0 bridgehead atoms. The predicted octanol–water partition coefficient (Wildman–Crippen LogP) is 3.52. The lowest BCUT2D eigenvalue weighted by Gasteiger charge is -2.11. The maximum Gasteiger partial charge on any atom is 0.422 e. The molecule has 0 aromatic heterocycles. The summed E-state index contributed by atoms with van der Waals surface area (Å²) in [6.45, 7) is -1.25. The van der Waals surface area contributed by atoms with E-state index in [1.54, 1.807) is 18.2 Å². The van der Waals surface area contributed by atoms with Crippen LogP contribution in [0.2, 0.25) is 0 Å². The Hall–Kier alpha value is -0.710. The number of alkyl halides is 4. The fourth-order valence-corrected chi connectivity index (χ4v) is 1.38. The molecule has 0 unspecified atom stereocenters. The highest BCUT2D eigenvalue weighted by Gasteiger charge is 2.28. The van der Waals surface area contributed by atoms with Crippen LogP contribution in [0, 0.1) is 0 Å². The summed E-state index contributed by atoms with van der Waals surface area (Å²) >= 11 is 3.17. The zero-order valence-electron chi connectivity index (χ0n) is 7.14. The van der Waals surface area contributed by atoms with Crippen molar-refractivity contribution in [1.82, 2.24) is 0 Å². The fourth-order valence-electron chi connectivity index (χ4n) is 0.915. The number of hydrogen-bond acceptors (Lipinski definition) is 1. The van der Waals surface area contributed by atoms with Crippen molar-refractivity contribution in [1.29, 1.82) is 0 Å². The number of ether oxygens (including phenoxy) is 1. The summed E-state index contributed by atoms with van der Waals surface area (Å²) in [6, 6.07) is 6.61. The van der Waals surface area contributed by atoms with E-state index in [-0.39, 0.29) is 5.75 Å². The number of hydrogen-bond donors (Lipinski definition) is 0. The van der Waals surface area contributed by atoms with E-state index in [0.717, 1.165) is 0 Å². The molecule has 0 radical (unpaired) electrons. The lowest BCUT2D eigenvalue weighted by atomic mass is 10.2. The highest BCUT2D eigenvalue weighted by molar-refractivity contribution is 9.08. The second kappa shape index (κ2) is 4.68. The Labute approximate surface area is 88.0 Å². The third-order valence-electron chi connectivity index (χ3n) is 1.51. The van der Waals surface area contributed by atoms with Crippen LogP contribution in [0.5, 0.6) is 5.75 Å². The van der Waals surface area contributed by atoms with Crippen molar-refractivity contribution in [2.45, 2.75) is 11.5 Å². The van der Waals surface area contributed by atoms with Gasteiger partial charge in [-0.2, -0.15) is 13.2 Å². The van der Waals surface area contributed by atoms with Gasteiger partial charge >= 0.3 is 6.18 Å². The summed E-state index contributed by atoms with van der Waals surface area (Å²) in [6.07, 6.45) is -4.29. The molecule has 0 saturated heterocycles. The summed E-state index contributed by atoms with van der Waals surface area (Å²) in [5.41, 5.74) is 0.705. The van der Waals surface area contributed by atoms with Crippen LogP contribution < -0.4 is 4.74 Å². The third-order valence-corrected chi connectivity index (χ3v) is 2.11. The van der Waals surface area contributed by atoms with Gasteiger partial charge in [0.25, 0.3) is 0 Å². The summed E-state index contributed by atoms with van der Waals surface area (Å²) in [5.74, 6) is 0.265. The highest BCUT2D eigenvalue weighted by atomic mass is 79.9. The first kappa shape index (κ1) is 11.4. The van der Waals surface area contributed by atoms with E-state index >= 15 is 0 Å². The van der Waals surface area contributed by atoms with Crippen LogP contribution in [0.15, 0.2) is 24.3 Å². The Morgan fingerprint density at radius 1 is 1.21 bits per heavy atom. The van der Waals surface area contributed by atoms with Crippen molar-refractivity contribution in [2.75, 3.05) is 6.61 Å². The summed E-state index contributed by atoms with van der Waals surface area (Å²) in [4.78, 5) is 0. The molecule has 0 saturated carbocycles. The Kier molecular flexibility index (Phi) is 3.80. The molecule has 0 aliphatic rings. The number of rotatable bonds is 3. The molecule has 1 rings (SSSR count). The lowest BCUT2D eigenvalue weighted by Crippen LogP contribution is -2.19. The second-order valence-electron chi connectivity index (χ2n) is 2.65.